The number of Topliss-reactive ketones (excluding diaryl/α,β-unsaturated/α-hetero) is 1. The maximum absolute atomic E-state index is 14.0. The van der Waals surface area contributed by atoms with Crippen molar-refractivity contribution in [3.8, 4) is 0 Å². The highest BCUT2D eigenvalue weighted by molar-refractivity contribution is 6.38. The fraction of sp³-hybridized carbons (Fsp3) is 0.333. The van der Waals surface area contributed by atoms with Crippen LogP contribution in [0.1, 0.15) is 43.6 Å². The third-order valence-electron chi connectivity index (χ3n) is 2.89. The van der Waals surface area contributed by atoms with Gasteiger partial charge in [-0.1, -0.05) is 12.6 Å². The number of rotatable bonds is 4. The van der Waals surface area contributed by atoms with Crippen LogP contribution < -0.4 is 0 Å². The first kappa shape index (κ1) is 15.2. The van der Waals surface area contributed by atoms with Gasteiger partial charge in [0.1, 0.15) is 5.82 Å². The highest BCUT2D eigenvalue weighted by Gasteiger charge is 2.13. The number of aryl methyl sites for hydroxylation is 1. The van der Waals surface area contributed by atoms with Crippen LogP contribution >= 0.6 is 0 Å². The minimum atomic E-state index is -0.738. The zero-order chi connectivity index (χ0) is 14.7. The Hall–Kier alpha value is -1.81. The Kier molecular flexibility index (Phi) is 4.72. The maximum atomic E-state index is 14.0. The summed E-state index contributed by atoms with van der Waals surface area (Å²) in [5.74, 6) is -0.680. The van der Waals surface area contributed by atoms with Gasteiger partial charge in [-0.25, -0.2) is 9.38 Å². The van der Waals surface area contributed by atoms with E-state index in [0.29, 0.717) is 11.1 Å². The van der Waals surface area contributed by atoms with Gasteiger partial charge in [0, 0.05) is 12.5 Å². The smallest absolute Gasteiger partial charge is 0.173 e. The summed E-state index contributed by atoms with van der Waals surface area (Å²) in [6.45, 7) is 9.94. The number of aliphatic hydroxyl groups excluding tert-OH is 1. The number of carbonyl (C=O) groups excluding carboxylic acids is 1. The highest BCUT2D eigenvalue weighted by Crippen LogP contribution is 2.26. The monoisotopic (exact) mass is 263 g/mol. The van der Waals surface area contributed by atoms with Gasteiger partial charge in [0.15, 0.2) is 5.78 Å². The van der Waals surface area contributed by atoms with Gasteiger partial charge in [0.05, 0.1) is 17.5 Å². The van der Waals surface area contributed by atoms with Crippen molar-refractivity contribution in [2.45, 2.75) is 33.8 Å². The van der Waals surface area contributed by atoms with Crippen LogP contribution in [0.15, 0.2) is 23.7 Å². The summed E-state index contributed by atoms with van der Waals surface area (Å²) in [6, 6.07) is 2.95. The summed E-state index contributed by atoms with van der Waals surface area (Å²) in [7, 11) is 0. The minimum Gasteiger partial charge on any atom is -0.389 e. The second kappa shape index (κ2) is 5.89. The number of hydrogen-bond acceptors (Lipinski definition) is 3. The Bertz CT molecular complexity index is 536. The van der Waals surface area contributed by atoms with E-state index < -0.39 is 11.9 Å². The lowest BCUT2D eigenvalue weighted by atomic mass is 10.00. The average Bonchev–Trinajstić information content (AvgIpc) is 2.27. The molecule has 0 spiro atoms. The Balaban J connectivity index is 3.26. The van der Waals surface area contributed by atoms with Gasteiger partial charge in [0.25, 0.3) is 0 Å². The molecule has 0 radical (unpaired) electrons. The van der Waals surface area contributed by atoms with Gasteiger partial charge in [-0.15, -0.1) is 0 Å². The molecule has 0 aliphatic heterocycles. The highest BCUT2D eigenvalue weighted by atomic mass is 19.1. The molecule has 0 aromatic heterocycles. The standard InChI is InChI=1S/C15H18FNO2/c1-8-6-13(12(5)19)7-14(16)15(8)10(3)17-9(2)11(4)18/h6-7,12,19H,3H2,1-2,4-5H3. The van der Waals surface area contributed by atoms with Crippen molar-refractivity contribution in [3.63, 3.8) is 0 Å². The molecule has 1 unspecified atom stereocenters. The lowest BCUT2D eigenvalue weighted by molar-refractivity contribution is -0.111. The Morgan fingerprint density at radius 3 is 2.42 bits per heavy atom. The molecule has 1 aromatic carbocycles. The van der Waals surface area contributed by atoms with Crippen LogP contribution in [0.5, 0.6) is 0 Å². The van der Waals surface area contributed by atoms with Crippen LogP contribution in [0, 0.1) is 12.7 Å². The van der Waals surface area contributed by atoms with Gasteiger partial charge in [-0.2, -0.15) is 0 Å². The van der Waals surface area contributed by atoms with Crippen LogP contribution in [-0.2, 0) is 4.79 Å². The molecule has 1 rings (SSSR count). The molecule has 3 nitrogen and oxygen atoms in total. The third-order valence-corrected chi connectivity index (χ3v) is 2.89. The molecule has 1 atom stereocenters. The maximum Gasteiger partial charge on any atom is 0.173 e. The van der Waals surface area contributed by atoms with Crippen LogP contribution in [0.25, 0.3) is 5.70 Å². The first-order chi connectivity index (χ1) is 8.73. The Morgan fingerprint density at radius 2 is 2.00 bits per heavy atom. The minimum absolute atomic E-state index is 0.181. The summed E-state index contributed by atoms with van der Waals surface area (Å²) < 4.78 is 14.0. The molecule has 1 aromatic rings. The quantitative estimate of drug-likeness (QED) is 0.848. The molecule has 0 amide bonds. The van der Waals surface area contributed by atoms with Gasteiger partial charge in [0.2, 0.25) is 0 Å². The zero-order valence-electron chi connectivity index (χ0n) is 11.6. The molecule has 0 saturated heterocycles. The summed E-state index contributed by atoms with van der Waals surface area (Å²) >= 11 is 0. The molecule has 0 saturated carbocycles. The van der Waals surface area contributed by atoms with Crippen molar-refractivity contribution in [2.75, 3.05) is 0 Å². The van der Waals surface area contributed by atoms with Crippen LogP contribution in [0.2, 0.25) is 0 Å². The van der Waals surface area contributed by atoms with E-state index >= 15 is 0 Å². The van der Waals surface area contributed by atoms with Gasteiger partial charge >= 0.3 is 0 Å². The van der Waals surface area contributed by atoms with Crippen molar-refractivity contribution in [1.29, 1.82) is 0 Å². The average molecular weight is 263 g/mol. The van der Waals surface area contributed by atoms with Crippen molar-refractivity contribution < 1.29 is 14.3 Å². The van der Waals surface area contributed by atoms with E-state index in [-0.39, 0.29) is 22.8 Å². The van der Waals surface area contributed by atoms with E-state index in [1.54, 1.807) is 26.8 Å². The molecule has 0 heterocycles. The van der Waals surface area contributed by atoms with Crippen molar-refractivity contribution in [1.82, 2.24) is 0 Å². The van der Waals surface area contributed by atoms with Crippen LogP contribution in [-0.4, -0.2) is 16.6 Å². The van der Waals surface area contributed by atoms with E-state index in [1.165, 1.54) is 13.0 Å². The molecular weight excluding hydrogens is 245 g/mol. The summed E-state index contributed by atoms with van der Waals surface area (Å²) in [5, 5.41) is 9.46. The third kappa shape index (κ3) is 3.58. The van der Waals surface area contributed by atoms with Gasteiger partial charge < -0.3 is 5.11 Å². The van der Waals surface area contributed by atoms with Gasteiger partial charge in [-0.05, 0) is 38.0 Å². The predicted octanol–water partition coefficient (Wildman–Crippen LogP) is 3.21. The number of carbonyl (C=O) groups is 1. The molecule has 4 heteroatoms. The van der Waals surface area contributed by atoms with E-state index in [4.69, 9.17) is 0 Å². The first-order valence-corrected chi connectivity index (χ1v) is 5.97. The summed E-state index contributed by atoms with van der Waals surface area (Å²) in [6.07, 6.45) is -0.738. The van der Waals surface area contributed by atoms with E-state index in [1.807, 2.05) is 0 Å². The molecule has 0 aliphatic rings. The summed E-state index contributed by atoms with van der Waals surface area (Å²) in [4.78, 5) is 15.1. The second-order valence-electron chi connectivity index (χ2n) is 4.57. The lowest BCUT2D eigenvalue weighted by Crippen LogP contribution is -2.05. The number of aliphatic imine (C=N–C) groups is 1. The van der Waals surface area contributed by atoms with E-state index in [9.17, 15) is 14.3 Å². The fourth-order valence-electron chi connectivity index (χ4n) is 1.71. The largest absolute Gasteiger partial charge is 0.389 e. The number of benzene rings is 1. The van der Waals surface area contributed by atoms with Gasteiger partial charge in [-0.3, -0.25) is 4.79 Å². The predicted molar refractivity (Wildman–Crippen MR) is 74.6 cm³/mol. The van der Waals surface area contributed by atoms with Crippen molar-refractivity contribution in [3.05, 3.63) is 41.2 Å². The second-order valence-corrected chi connectivity index (χ2v) is 4.57. The van der Waals surface area contributed by atoms with Crippen LogP contribution in [0.3, 0.4) is 0 Å². The Labute approximate surface area is 112 Å². The van der Waals surface area contributed by atoms with E-state index in [2.05, 4.69) is 11.6 Å². The normalized spacial score (nSPS) is 13.3. The molecule has 0 bridgehead atoms. The number of hydrogen-bond donors (Lipinski definition) is 1. The molecule has 0 aliphatic carbocycles. The number of halogens is 1. The molecule has 19 heavy (non-hydrogen) atoms. The fourth-order valence-corrected chi connectivity index (χ4v) is 1.71. The van der Waals surface area contributed by atoms with E-state index in [0.717, 1.165) is 0 Å². The Morgan fingerprint density at radius 1 is 1.42 bits per heavy atom. The first-order valence-electron chi connectivity index (χ1n) is 5.97. The number of aliphatic hydroxyl groups is 1. The zero-order valence-corrected chi connectivity index (χ0v) is 11.6. The van der Waals surface area contributed by atoms with Crippen molar-refractivity contribution >= 4 is 17.2 Å². The lowest BCUT2D eigenvalue weighted by Gasteiger charge is -2.12. The number of ketones is 1. The summed E-state index contributed by atoms with van der Waals surface area (Å²) in [5.41, 5.74) is 1.88. The molecular formula is C15H18FNO2. The van der Waals surface area contributed by atoms with Crippen LogP contribution in [0.4, 0.5) is 4.39 Å². The molecule has 102 valence electrons. The topological polar surface area (TPSA) is 49.7 Å². The van der Waals surface area contributed by atoms with Crippen molar-refractivity contribution in [2.24, 2.45) is 4.99 Å². The molecule has 0 fully saturated rings. The number of nitrogens with zero attached hydrogens (tertiary/aromatic N) is 1. The SMILES string of the molecule is C=C(N=C(C)C(C)=O)c1c(C)cc(C(C)O)cc1F. The molecule has 1 N–H and O–H groups in total.